The summed E-state index contributed by atoms with van der Waals surface area (Å²) in [6.45, 7) is 1.68. The smallest absolute Gasteiger partial charge is 0.271 e. The van der Waals surface area contributed by atoms with Gasteiger partial charge in [-0.05, 0) is 12.5 Å². The molecular formula is C12H7N5O2. The first-order valence-corrected chi connectivity index (χ1v) is 5.00. The highest BCUT2D eigenvalue weighted by Crippen LogP contribution is 2.23. The van der Waals surface area contributed by atoms with E-state index in [9.17, 15) is 10.1 Å². The molecule has 1 aromatic rings. The molecule has 1 rings (SSSR count). The largest absolute Gasteiger partial charge is 0.345 e. The number of rotatable bonds is 3. The van der Waals surface area contributed by atoms with Crippen LogP contribution in [0.2, 0.25) is 0 Å². The summed E-state index contributed by atoms with van der Waals surface area (Å²) in [5.41, 5.74) is 0.171. The van der Waals surface area contributed by atoms with E-state index in [1.165, 1.54) is 18.2 Å². The van der Waals surface area contributed by atoms with Gasteiger partial charge in [-0.3, -0.25) is 10.1 Å². The van der Waals surface area contributed by atoms with Crippen molar-refractivity contribution in [2.75, 3.05) is 5.32 Å². The zero-order valence-corrected chi connectivity index (χ0v) is 9.84. The summed E-state index contributed by atoms with van der Waals surface area (Å²) in [6, 6.07) is 8.91. The van der Waals surface area contributed by atoms with Gasteiger partial charge in [-0.1, -0.05) is 6.07 Å². The van der Waals surface area contributed by atoms with Gasteiger partial charge in [-0.15, -0.1) is 0 Å². The van der Waals surface area contributed by atoms with E-state index < -0.39 is 4.92 Å². The topological polar surface area (TPSA) is 127 Å². The fourth-order valence-electron chi connectivity index (χ4n) is 1.28. The highest BCUT2D eigenvalue weighted by atomic mass is 16.6. The zero-order chi connectivity index (χ0) is 14.4. The molecule has 1 N–H and O–H groups in total. The van der Waals surface area contributed by atoms with E-state index in [1.807, 2.05) is 0 Å². The Morgan fingerprint density at radius 3 is 2.37 bits per heavy atom. The van der Waals surface area contributed by atoms with Gasteiger partial charge < -0.3 is 5.32 Å². The molecular weight excluding hydrogens is 246 g/mol. The standard InChI is InChI=1S/C12H7N5O2/c1-8-2-3-10(17(18)19)4-11(8)16-12(7-15)9(5-13)6-14/h2-4,16H,1H3. The Bertz CT molecular complexity index is 670. The van der Waals surface area contributed by atoms with Crippen LogP contribution in [0.4, 0.5) is 11.4 Å². The molecule has 0 fully saturated rings. The maximum absolute atomic E-state index is 10.7. The number of nitro groups is 1. The third kappa shape index (κ3) is 3.06. The molecule has 92 valence electrons. The van der Waals surface area contributed by atoms with Crippen molar-refractivity contribution in [3.05, 3.63) is 45.1 Å². The molecule has 1 aromatic carbocycles. The van der Waals surface area contributed by atoms with E-state index in [0.29, 0.717) is 11.3 Å². The molecule has 7 nitrogen and oxygen atoms in total. The minimum Gasteiger partial charge on any atom is -0.345 e. The molecule has 0 saturated carbocycles. The van der Waals surface area contributed by atoms with Crippen LogP contribution in [0.5, 0.6) is 0 Å². The SMILES string of the molecule is Cc1ccc([N+](=O)[O-])cc1NC(C#N)=C(C#N)C#N. The van der Waals surface area contributed by atoms with E-state index >= 15 is 0 Å². The molecule has 0 aliphatic rings. The van der Waals surface area contributed by atoms with Gasteiger partial charge in [0.1, 0.15) is 23.9 Å². The second-order valence-corrected chi connectivity index (χ2v) is 3.47. The number of non-ortho nitro benzene ring substituents is 1. The summed E-state index contributed by atoms with van der Waals surface area (Å²) in [6.07, 6.45) is 0. The average molecular weight is 253 g/mol. The zero-order valence-electron chi connectivity index (χ0n) is 9.84. The fraction of sp³-hybridized carbons (Fsp3) is 0.0833. The summed E-state index contributed by atoms with van der Waals surface area (Å²) in [5, 5.41) is 39.5. The van der Waals surface area contributed by atoms with Crippen molar-refractivity contribution in [1.29, 1.82) is 15.8 Å². The number of nitrogens with one attached hydrogen (secondary N) is 1. The number of nitrogens with zero attached hydrogens (tertiary/aromatic N) is 4. The summed E-state index contributed by atoms with van der Waals surface area (Å²) >= 11 is 0. The minimum atomic E-state index is -0.574. The van der Waals surface area contributed by atoms with Crippen molar-refractivity contribution in [3.8, 4) is 18.2 Å². The second-order valence-electron chi connectivity index (χ2n) is 3.47. The third-order valence-electron chi connectivity index (χ3n) is 2.28. The van der Waals surface area contributed by atoms with Crippen molar-refractivity contribution >= 4 is 11.4 Å². The quantitative estimate of drug-likeness (QED) is 0.499. The Morgan fingerprint density at radius 1 is 1.26 bits per heavy atom. The van der Waals surface area contributed by atoms with Crippen molar-refractivity contribution in [2.24, 2.45) is 0 Å². The van der Waals surface area contributed by atoms with Gasteiger partial charge in [0.05, 0.1) is 4.92 Å². The van der Waals surface area contributed by atoms with Crippen LogP contribution in [0, 0.1) is 51.0 Å². The number of aryl methyl sites for hydroxylation is 1. The molecule has 0 aliphatic carbocycles. The average Bonchev–Trinajstić information content (AvgIpc) is 2.40. The molecule has 19 heavy (non-hydrogen) atoms. The van der Waals surface area contributed by atoms with Crippen LogP contribution in [-0.4, -0.2) is 4.92 Å². The van der Waals surface area contributed by atoms with Crippen molar-refractivity contribution in [2.45, 2.75) is 6.92 Å². The van der Waals surface area contributed by atoms with E-state index in [1.54, 1.807) is 25.1 Å². The number of anilines is 1. The van der Waals surface area contributed by atoms with Crippen LogP contribution in [0.25, 0.3) is 0 Å². The predicted molar refractivity (Wildman–Crippen MR) is 65.3 cm³/mol. The van der Waals surface area contributed by atoms with Gasteiger partial charge in [-0.2, -0.15) is 15.8 Å². The molecule has 0 unspecified atom stereocenters. The number of hydrogen-bond donors (Lipinski definition) is 1. The maximum atomic E-state index is 10.7. The van der Waals surface area contributed by atoms with E-state index in [2.05, 4.69) is 5.32 Å². The number of nitro benzene ring substituents is 1. The van der Waals surface area contributed by atoms with Gasteiger partial charge in [-0.25, -0.2) is 0 Å². The Morgan fingerprint density at radius 2 is 1.89 bits per heavy atom. The lowest BCUT2D eigenvalue weighted by molar-refractivity contribution is -0.384. The first-order chi connectivity index (χ1) is 9.03. The van der Waals surface area contributed by atoms with Gasteiger partial charge in [0.15, 0.2) is 5.57 Å². The third-order valence-corrected chi connectivity index (χ3v) is 2.28. The Kier molecular flexibility index (Phi) is 4.19. The van der Waals surface area contributed by atoms with Gasteiger partial charge in [0, 0.05) is 17.8 Å². The van der Waals surface area contributed by atoms with Crippen LogP contribution < -0.4 is 5.32 Å². The monoisotopic (exact) mass is 253 g/mol. The molecule has 0 radical (unpaired) electrons. The van der Waals surface area contributed by atoms with E-state index in [0.717, 1.165) is 0 Å². The summed E-state index contributed by atoms with van der Waals surface area (Å²) in [7, 11) is 0. The molecule has 0 saturated heterocycles. The highest BCUT2D eigenvalue weighted by Gasteiger charge is 2.12. The summed E-state index contributed by atoms with van der Waals surface area (Å²) in [4.78, 5) is 10.1. The molecule has 7 heteroatoms. The second kappa shape index (κ2) is 5.81. The predicted octanol–water partition coefficient (Wildman–Crippen LogP) is 2.14. The van der Waals surface area contributed by atoms with Gasteiger partial charge in [0.2, 0.25) is 0 Å². The highest BCUT2D eigenvalue weighted by molar-refractivity contribution is 5.64. The van der Waals surface area contributed by atoms with Crippen molar-refractivity contribution < 1.29 is 4.92 Å². The summed E-state index contributed by atoms with van der Waals surface area (Å²) in [5.74, 6) is 0. The number of hydrogen-bond acceptors (Lipinski definition) is 6. The maximum Gasteiger partial charge on any atom is 0.271 e. The molecule has 0 atom stereocenters. The Hall–Kier alpha value is -3.37. The minimum absolute atomic E-state index is 0.152. The number of nitriles is 3. The number of allylic oxidation sites excluding steroid dienone is 2. The molecule has 0 amide bonds. The molecule has 0 heterocycles. The van der Waals surface area contributed by atoms with Gasteiger partial charge >= 0.3 is 0 Å². The first kappa shape index (κ1) is 13.7. The lowest BCUT2D eigenvalue weighted by atomic mass is 10.1. The Balaban J connectivity index is 3.27. The van der Waals surface area contributed by atoms with Crippen LogP contribution in [0.3, 0.4) is 0 Å². The molecule has 0 bridgehead atoms. The van der Waals surface area contributed by atoms with Crippen LogP contribution in [0.15, 0.2) is 29.5 Å². The fourth-order valence-corrected chi connectivity index (χ4v) is 1.28. The van der Waals surface area contributed by atoms with Crippen LogP contribution >= 0.6 is 0 Å². The van der Waals surface area contributed by atoms with Crippen LogP contribution in [-0.2, 0) is 0 Å². The lowest BCUT2D eigenvalue weighted by Gasteiger charge is -2.07. The van der Waals surface area contributed by atoms with E-state index in [4.69, 9.17) is 15.8 Å². The first-order valence-electron chi connectivity index (χ1n) is 5.00. The van der Waals surface area contributed by atoms with Crippen LogP contribution in [0.1, 0.15) is 5.56 Å². The van der Waals surface area contributed by atoms with E-state index in [-0.39, 0.29) is 17.0 Å². The normalized spacial score (nSPS) is 8.53. The molecule has 0 aromatic heterocycles. The Labute approximate surface area is 108 Å². The lowest BCUT2D eigenvalue weighted by Crippen LogP contribution is -2.03. The van der Waals surface area contributed by atoms with Crippen molar-refractivity contribution in [3.63, 3.8) is 0 Å². The number of benzene rings is 1. The van der Waals surface area contributed by atoms with Crippen molar-refractivity contribution in [1.82, 2.24) is 0 Å². The van der Waals surface area contributed by atoms with Gasteiger partial charge in [0.25, 0.3) is 5.69 Å². The molecule has 0 aliphatic heterocycles. The molecule has 0 spiro atoms. The summed E-state index contributed by atoms with van der Waals surface area (Å²) < 4.78 is 0.